The predicted octanol–water partition coefficient (Wildman–Crippen LogP) is 3.38. The number of hydrogen-bond donors (Lipinski definition) is 1. The molecule has 2 N–H and O–H groups in total. The molecule has 1 heterocycles. The highest BCUT2D eigenvalue weighted by molar-refractivity contribution is 9.10. The zero-order valence-corrected chi connectivity index (χ0v) is 12.5. The van der Waals surface area contributed by atoms with Gasteiger partial charge in [-0.1, -0.05) is 35.2 Å². The smallest absolute Gasteiger partial charge is 0.248 e. The summed E-state index contributed by atoms with van der Waals surface area (Å²) in [6.45, 7) is 0.834. The Morgan fingerprint density at radius 1 is 1.26 bits per heavy atom. The Bertz CT molecular complexity index is 497. The number of benzene rings is 1. The Morgan fingerprint density at radius 2 is 2.00 bits per heavy atom. The average Bonchev–Trinajstić information content (AvgIpc) is 2.65. The van der Waals surface area contributed by atoms with E-state index in [4.69, 9.17) is 5.73 Å². The second-order valence-electron chi connectivity index (χ2n) is 5.63. The fourth-order valence-corrected chi connectivity index (χ4v) is 3.63. The summed E-state index contributed by atoms with van der Waals surface area (Å²) < 4.78 is 0.981. The fraction of sp³-hybridized carbons (Fsp3) is 0.533. The summed E-state index contributed by atoms with van der Waals surface area (Å²) in [6, 6.07) is 5.47. The lowest BCUT2D eigenvalue weighted by molar-refractivity contribution is -0.119. The molecule has 3 rings (SSSR count). The number of fused-ring (bicyclic) bond motifs is 1. The summed E-state index contributed by atoms with van der Waals surface area (Å²) in [5.41, 5.74) is 8.00. The van der Waals surface area contributed by atoms with Gasteiger partial charge in [-0.3, -0.25) is 4.79 Å². The second kappa shape index (κ2) is 5.25. The first-order chi connectivity index (χ1) is 9.16. The number of amides is 1. The third-order valence-electron chi connectivity index (χ3n) is 4.31. The van der Waals surface area contributed by atoms with Crippen LogP contribution < -0.4 is 10.6 Å². The molecule has 1 aromatic carbocycles. The molecule has 102 valence electrons. The molecule has 1 fully saturated rings. The maximum absolute atomic E-state index is 12.3. The molecule has 0 spiro atoms. The topological polar surface area (TPSA) is 46.3 Å². The first-order valence-electron chi connectivity index (χ1n) is 7.03. The minimum absolute atomic E-state index is 0.0543. The van der Waals surface area contributed by atoms with E-state index >= 15 is 0 Å². The molecule has 0 bridgehead atoms. The molecule has 1 unspecified atom stereocenters. The maximum atomic E-state index is 12.3. The summed E-state index contributed by atoms with van der Waals surface area (Å²) >= 11 is 3.45. The largest absolute Gasteiger partial charge is 0.316 e. The van der Waals surface area contributed by atoms with E-state index in [9.17, 15) is 4.79 Å². The van der Waals surface area contributed by atoms with E-state index < -0.39 is 6.04 Å². The van der Waals surface area contributed by atoms with Gasteiger partial charge in [0.2, 0.25) is 5.91 Å². The number of anilines is 1. The van der Waals surface area contributed by atoms with Crippen molar-refractivity contribution in [3.63, 3.8) is 0 Å². The lowest BCUT2D eigenvalue weighted by Gasteiger charge is -2.27. The van der Waals surface area contributed by atoms with E-state index in [0.717, 1.165) is 22.3 Å². The average molecular weight is 323 g/mol. The summed E-state index contributed by atoms with van der Waals surface area (Å²) in [5.74, 6) is 0.693. The molecular weight excluding hydrogens is 304 g/mol. The molecule has 2 aliphatic rings. The van der Waals surface area contributed by atoms with Crippen molar-refractivity contribution < 1.29 is 4.79 Å². The van der Waals surface area contributed by atoms with E-state index in [-0.39, 0.29) is 5.91 Å². The number of nitrogens with two attached hydrogens (primary N) is 1. The first-order valence-corrected chi connectivity index (χ1v) is 7.82. The third kappa shape index (κ3) is 2.43. The van der Waals surface area contributed by atoms with Gasteiger partial charge in [-0.25, -0.2) is 0 Å². The van der Waals surface area contributed by atoms with Crippen LogP contribution in [0.3, 0.4) is 0 Å². The van der Waals surface area contributed by atoms with Crippen LogP contribution in [0, 0.1) is 5.92 Å². The number of carbonyl (C=O) groups is 1. The van der Waals surface area contributed by atoms with Gasteiger partial charge in [-0.2, -0.15) is 0 Å². The molecular formula is C15H19BrN2O. The minimum Gasteiger partial charge on any atom is -0.316 e. The van der Waals surface area contributed by atoms with E-state index in [1.807, 2.05) is 23.1 Å². The van der Waals surface area contributed by atoms with Crippen molar-refractivity contribution >= 4 is 27.5 Å². The quantitative estimate of drug-likeness (QED) is 0.907. The molecule has 1 aliphatic heterocycles. The Kier molecular flexibility index (Phi) is 3.63. The van der Waals surface area contributed by atoms with Crippen molar-refractivity contribution in [3.8, 4) is 0 Å². The number of rotatable bonds is 2. The van der Waals surface area contributed by atoms with E-state index in [1.165, 1.54) is 32.1 Å². The Balaban J connectivity index is 1.84. The van der Waals surface area contributed by atoms with Crippen molar-refractivity contribution in [2.45, 2.75) is 38.1 Å². The molecule has 19 heavy (non-hydrogen) atoms. The number of nitrogens with zero attached hydrogens (tertiary/aromatic N) is 1. The predicted molar refractivity (Wildman–Crippen MR) is 80.0 cm³/mol. The zero-order chi connectivity index (χ0) is 13.4. The monoisotopic (exact) mass is 322 g/mol. The van der Waals surface area contributed by atoms with Gasteiger partial charge >= 0.3 is 0 Å². The Morgan fingerprint density at radius 3 is 2.74 bits per heavy atom. The van der Waals surface area contributed by atoms with Crippen molar-refractivity contribution in [1.29, 1.82) is 0 Å². The van der Waals surface area contributed by atoms with Crippen molar-refractivity contribution in [3.05, 3.63) is 28.2 Å². The van der Waals surface area contributed by atoms with Gasteiger partial charge in [0.25, 0.3) is 0 Å². The van der Waals surface area contributed by atoms with E-state index in [0.29, 0.717) is 5.92 Å². The van der Waals surface area contributed by atoms with Crippen LogP contribution in [-0.2, 0) is 4.79 Å². The molecule has 1 saturated carbocycles. The maximum Gasteiger partial charge on any atom is 0.248 e. The molecule has 0 saturated heterocycles. The molecule has 1 aliphatic carbocycles. The van der Waals surface area contributed by atoms with Crippen molar-refractivity contribution in [2.75, 3.05) is 11.4 Å². The van der Waals surface area contributed by atoms with Crippen LogP contribution in [0.2, 0.25) is 0 Å². The standard InChI is InChI=1S/C15H19BrN2O/c16-11-6-7-13-12(8-11)14(17)15(19)18(13)9-10-4-2-1-3-5-10/h6-8,10,14H,1-5,9,17H2. The van der Waals surface area contributed by atoms with Crippen LogP contribution in [0.5, 0.6) is 0 Å². The van der Waals surface area contributed by atoms with Gasteiger partial charge in [-0.05, 0) is 37.0 Å². The lowest BCUT2D eigenvalue weighted by Crippen LogP contribution is -2.36. The first kappa shape index (κ1) is 13.1. The fourth-order valence-electron chi connectivity index (χ4n) is 3.26. The number of hydrogen-bond acceptors (Lipinski definition) is 2. The molecule has 4 heteroatoms. The Labute approximate surface area is 122 Å². The molecule has 0 radical (unpaired) electrons. The van der Waals surface area contributed by atoms with E-state index in [2.05, 4.69) is 15.9 Å². The minimum atomic E-state index is -0.490. The van der Waals surface area contributed by atoms with Gasteiger partial charge in [-0.15, -0.1) is 0 Å². The van der Waals surface area contributed by atoms with Gasteiger partial charge in [0.1, 0.15) is 6.04 Å². The highest BCUT2D eigenvalue weighted by atomic mass is 79.9. The van der Waals surface area contributed by atoms with Gasteiger partial charge in [0, 0.05) is 22.3 Å². The van der Waals surface area contributed by atoms with Crippen molar-refractivity contribution in [2.24, 2.45) is 11.7 Å². The number of carbonyl (C=O) groups excluding carboxylic acids is 1. The molecule has 3 nitrogen and oxygen atoms in total. The lowest BCUT2D eigenvalue weighted by atomic mass is 9.89. The SMILES string of the molecule is NC1C(=O)N(CC2CCCCC2)c2ccc(Br)cc21. The normalized spacial score (nSPS) is 23.8. The van der Waals surface area contributed by atoms with Crippen molar-refractivity contribution in [1.82, 2.24) is 0 Å². The summed E-state index contributed by atoms with van der Waals surface area (Å²) in [6.07, 6.45) is 6.42. The Hall–Kier alpha value is -0.870. The summed E-state index contributed by atoms with van der Waals surface area (Å²) in [7, 11) is 0. The van der Waals surface area contributed by atoms with Crippen LogP contribution in [0.15, 0.2) is 22.7 Å². The third-order valence-corrected chi connectivity index (χ3v) is 4.81. The van der Waals surface area contributed by atoms with Crippen LogP contribution >= 0.6 is 15.9 Å². The van der Waals surface area contributed by atoms with Crippen LogP contribution in [0.1, 0.15) is 43.7 Å². The number of halogens is 1. The highest BCUT2D eigenvalue weighted by Crippen LogP contribution is 2.38. The van der Waals surface area contributed by atoms with Gasteiger partial charge < -0.3 is 10.6 Å². The molecule has 1 atom stereocenters. The molecule has 0 aromatic heterocycles. The van der Waals surface area contributed by atoms with Crippen LogP contribution in [0.25, 0.3) is 0 Å². The highest BCUT2D eigenvalue weighted by Gasteiger charge is 2.36. The molecule has 1 amide bonds. The van der Waals surface area contributed by atoms with E-state index in [1.54, 1.807) is 0 Å². The molecule has 1 aromatic rings. The van der Waals surface area contributed by atoms with Gasteiger partial charge in [0.05, 0.1) is 0 Å². The summed E-state index contributed by atoms with van der Waals surface area (Å²) in [4.78, 5) is 14.2. The van der Waals surface area contributed by atoms with Crippen LogP contribution in [0.4, 0.5) is 5.69 Å². The second-order valence-corrected chi connectivity index (χ2v) is 6.55. The van der Waals surface area contributed by atoms with Gasteiger partial charge in [0.15, 0.2) is 0 Å². The van der Waals surface area contributed by atoms with Crippen LogP contribution in [-0.4, -0.2) is 12.5 Å². The zero-order valence-electron chi connectivity index (χ0n) is 10.9. The summed E-state index contributed by atoms with van der Waals surface area (Å²) in [5, 5.41) is 0.